The van der Waals surface area contributed by atoms with E-state index in [-0.39, 0.29) is 0 Å². The lowest BCUT2D eigenvalue weighted by Gasteiger charge is -2.40. The fourth-order valence-corrected chi connectivity index (χ4v) is 2.90. The number of carbonyl (C=O) groups excluding carboxylic acids is 1. The second kappa shape index (κ2) is 4.98. The van der Waals surface area contributed by atoms with Crippen molar-refractivity contribution in [3.63, 3.8) is 0 Å². The van der Waals surface area contributed by atoms with Crippen molar-refractivity contribution in [2.75, 3.05) is 6.54 Å². The fourth-order valence-electron chi connectivity index (χ4n) is 2.90. The summed E-state index contributed by atoms with van der Waals surface area (Å²) in [6.07, 6.45) is 0.936. The van der Waals surface area contributed by atoms with Gasteiger partial charge in [-0.15, -0.1) is 0 Å². The van der Waals surface area contributed by atoms with Crippen molar-refractivity contribution in [3.05, 3.63) is 71.3 Å². The standard InChI is InChI=1S/C16H17N3O/c17-15(20)19-16(13-7-2-1-3-8-13)14-9-5-4-6-12(14)10-11-18-16/h1-9,18H,10-11H2,(H3,17,19,20)/t16-/m0/s1. The largest absolute Gasteiger partial charge is 0.352 e. The van der Waals surface area contributed by atoms with Crippen LogP contribution in [0.1, 0.15) is 16.7 Å². The van der Waals surface area contributed by atoms with Crippen LogP contribution in [0.15, 0.2) is 54.6 Å². The maximum absolute atomic E-state index is 11.5. The summed E-state index contributed by atoms with van der Waals surface area (Å²) < 4.78 is 0. The summed E-state index contributed by atoms with van der Waals surface area (Å²) in [6, 6.07) is 17.4. The minimum absolute atomic E-state index is 0.543. The van der Waals surface area contributed by atoms with Crippen molar-refractivity contribution in [3.8, 4) is 0 Å². The predicted octanol–water partition coefficient (Wildman–Crippen LogP) is 1.70. The number of rotatable bonds is 2. The molecule has 0 spiro atoms. The van der Waals surface area contributed by atoms with Crippen LogP contribution in [0.4, 0.5) is 4.79 Å². The first kappa shape index (κ1) is 12.7. The Bertz CT molecular complexity index is 627. The summed E-state index contributed by atoms with van der Waals surface area (Å²) >= 11 is 0. The van der Waals surface area contributed by atoms with Crippen LogP contribution in [0.25, 0.3) is 0 Å². The minimum Gasteiger partial charge on any atom is -0.352 e. The summed E-state index contributed by atoms with van der Waals surface area (Å²) in [4.78, 5) is 11.5. The van der Waals surface area contributed by atoms with E-state index in [9.17, 15) is 4.79 Å². The Morgan fingerprint density at radius 1 is 1.10 bits per heavy atom. The van der Waals surface area contributed by atoms with Crippen LogP contribution in [-0.4, -0.2) is 12.6 Å². The highest BCUT2D eigenvalue weighted by molar-refractivity contribution is 5.74. The summed E-state index contributed by atoms with van der Waals surface area (Å²) in [6.45, 7) is 0.784. The Morgan fingerprint density at radius 2 is 1.80 bits per heavy atom. The molecule has 4 N–H and O–H groups in total. The number of urea groups is 1. The predicted molar refractivity (Wildman–Crippen MR) is 78.1 cm³/mol. The van der Waals surface area contributed by atoms with Crippen LogP contribution >= 0.6 is 0 Å². The summed E-state index contributed by atoms with van der Waals surface area (Å²) in [5.74, 6) is 0. The number of hydrogen-bond donors (Lipinski definition) is 3. The summed E-state index contributed by atoms with van der Waals surface area (Å²) in [5.41, 5.74) is 7.92. The molecular formula is C16H17N3O. The van der Waals surface area contributed by atoms with Crippen molar-refractivity contribution in [2.24, 2.45) is 5.73 Å². The Hall–Kier alpha value is -2.33. The Kier molecular flexibility index (Phi) is 3.16. The van der Waals surface area contributed by atoms with Gasteiger partial charge in [0.15, 0.2) is 0 Å². The third-order valence-electron chi connectivity index (χ3n) is 3.72. The third-order valence-corrected chi connectivity index (χ3v) is 3.72. The van der Waals surface area contributed by atoms with Crippen LogP contribution in [0, 0.1) is 0 Å². The molecule has 20 heavy (non-hydrogen) atoms. The number of nitrogens with one attached hydrogen (secondary N) is 2. The average molecular weight is 267 g/mol. The molecule has 0 unspecified atom stereocenters. The highest BCUT2D eigenvalue weighted by Gasteiger charge is 2.38. The quantitative estimate of drug-likeness (QED) is 0.775. The van der Waals surface area contributed by atoms with Gasteiger partial charge in [0.2, 0.25) is 0 Å². The number of hydrogen-bond acceptors (Lipinski definition) is 2. The van der Waals surface area contributed by atoms with Gasteiger partial charge in [0.1, 0.15) is 5.66 Å². The molecule has 1 aliphatic rings. The highest BCUT2D eigenvalue weighted by Crippen LogP contribution is 2.32. The molecule has 4 heteroatoms. The summed E-state index contributed by atoms with van der Waals surface area (Å²) in [7, 11) is 0. The number of nitrogens with two attached hydrogens (primary N) is 1. The van der Waals surface area contributed by atoms with E-state index >= 15 is 0 Å². The number of carbonyl (C=O) groups is 1. The normalized spacial score (nSPS) is 21.0. The number of fused-ring (bicyclic) bond motifs is 1. The van der Waals surface area contributed by atoms with E-state index in [4.69, 9.17) is 5.73 Å². The lowest BCUT2D eigenvalue weighted by molar-refractivity contribution is 0.229. The molecule has 0 radical (unpaired) electrons. The zero-order valence-electron chi connectivity index (χ0n) is 11.1. The second-order valence-corrected chi connectivity index (χ2v) is 4.94. The average Bonchev–Trinajstić information content (AvgIpc) is 2.48. The van der Waals surface area contributed by atoms with Crippen LogP contribution in [-0.2, 0) is 12.1 Å². The molecular weight excluding hydrogens is 250 g/mol. The van der Waals surface area contributed by atoms with E-state index in [1.807, 2.05) is 48.5 Å². The molecule has 1 atom stereocenters. The van der Waals surface area contributed by atoms with E-state index in [0.29, 0.717) is 0 Å². The molecule has 102 valence electrons. The van der Waals surface area contributed by atoms with Gasteiger partial charge in [0.05, 0.1) is 0 Å². The van der Waals surface area contributed by atoms with Crippen molar-refractivity contribution >= 4 is 6.03 Å². The van der Waals surface area contributed by atoms with Crippen molar-refractivity contribution in [1.82, 2.24) is 10.6 Å². The first-order chi connectivity index (χ1) is 9.72. The zero-order chi connectivity index (χ0) is 14.0. The third kappa shape index (κ3) is 2.04. The summed E-state index contributed by atoms with van der Waals surface area (Å²) in [5, 5.41) is 6.32. The molecule has 2 amide bonds. The van der Waals surface area contributed by atoms with Crippen LogP contribution < -0.4 is 16.4 Å². The van der Waals surface area contributed by atoms with E-state index < -0.39 is 11.7 Å². The van der Waals surface area contributed by atoms with Crippen LogP contribution in [0.2, 0.25) is 0 Å². The first-order valence-corrected chi connectivity index (χ1v) is 6.69. The topological polar surface area (TPSA) is 67.2 Å². The zero-order valence-corrected chi connectivity index (χ0v) is 11.1. The van der Waals surface area contributed by atoms with Gasteiger partial charge in [-0.1, -0.05) is 54.6 Å². The van der Waals surface area contributed by atoms with Gasteiger partial charge < -0.3 is 11.1 Å². The van der Waals surface area contributed by atoms with Gasteiger partial charge in [-0.2, -0.15) is 0 Å². The van der Waals surface area contributed by atoms with Gasteiger partial charge in [-0.05, 0) is 17.5 Å². The Morgan fingerprint density at radius 3 is 2.55 bits per heavy atom. The maximum atomic E-state index is 11.5. The van der Waals surface area contributed by atoms with Gasteiger partial charge in [-0.25, -0.2) is 4.79 Å². The molecule has 0 aliphatic carbocycles. The molecule has 0 aromatic heterocycles. The van der Waals surface area contributed by atoms with Crippen LogP contribution in [0.5, 0.6) is 0 Å². The fraction of sp³-hybridized carbons (Fsp3) is 0.188. The SMILES string of the molecule is NC(=O)N[C@]1(c2ccccc2)NCCc2ccccc21. The lowest BCUT2D eigenvalue weighted by Crippen LogP contribution is -2.60. The van der Waals surface area contributed by atoms with Gasteiger partial charge in [0, 0.05) is 12.1 Å². The monoisotopic (exact) mass is 267 g/mol. The van der Waals surface area contributed by atoms with E-state index in [1.54, 1.807) is 0 Å². The Labute approximate surface area is 118 Å². The number of amides is 2. The molecule has 0 fully saturated rings. The van der Waals surface area contributed by atoms with E-state index in [2.05, 4.69) is 16.7 Å². The Balaban J connectivity index is 2.20. The molecule has 0 bridgehead atoms. The van der Waals surface area contributed by atoms with Crippen LogP contribution in [0.3, 0.4) is 0 Å². The van der Waals surface area contributed by atoms with E-state index in [0.717, 1.165) is 24.1 Å². The highest BCUT2D eigenvalue weighted by atomic mass is 16.2. The van der Waals surface area contributed by atoms with Crippen molar-refractivity contribution < 1.29 is 4.79 Å². The number of primary amides is 1. The van der Waals surface area contributed by atoms with Crippen molar-refractivity contribution in [2.45, 2.75) is 12.1 Å². The molecule has 1 heterocycles. The first-order valence-electron chi connectivity index (χ1n) is 6.69. The van der Waals surface area contributed by atoms with Gasteiger partial charge >= 0.3 is 6.03 Å². The lowest BCUT2D eigenvalue weighted by atomic mass is 9.84. The van der Waals surface area contributed by atoms with Gasteiger partial charge in [-0.3, -0.25) is 5.32 Å². The molecule has 4 nitrogen and oxygen atoms in total. The molecule has 1 aliphatic heterocycles. The van der Waals surface area contributed by atoms with E-state index in [1.165, 1.54) is 5.56 Å². The minimum atomic E-state index is -0.748. The smallest absolute Gasteiger partial charge is 0.314 e. The molecule has 0 saturated carbocycles. The molecule has 2 aromatic rings. The molecule has 0 saturated heterocycles. The van der Waals surface area contributed by atoms with Crippen molar-refractivity contribution in [1.29, 1.82) is 0 Å². The molecule has 2 aromatic carbocycles. The molecule has 3 rings (SSSR count). The maximum Gasteiger partial charge on any atom is 0.314 e. The second-order valence-electron chi connectivity index (χ2n) is 4.94. The number of benzene rings is 2. The van der Waals surface area contributed by atoms with Gasteiger partial charge in [0.25, 0.3) is 0 Å².